The lowest BCUT2D eigenvalue weighted by molar-refractivity contribution is 1.70. The van der Waals surface area contributed by atoms with E-state index in [2.05, 4.69) is 15.9 Å². The maximum absolute atomic E-state index is 5.72. The van der Waals surface area contributed by atoms with Crippen molar-refractivity contribution in [1.29, 1.82) is 0 Å². The quantitative estimate of drug-likeness (QED) is 0.559. The zero-order valence-electron chi connectivity index (χ0n) is 4.99. The first kappa shape index (κ1) is 7.17. The minimum atomic E-state index is 0.780. The van der Waals surface area contributed by atoms with Crippen molar-refractivity contribution in [2.24, 2.45) is 0 Å². The molecule has 0 amide bonds. The summed E-state index contributed by atoms with van der Waals surface area (Å²) in [5, 5.41) is 0.780. The van der Waals surface area contributed by atoms with Crippen molar-refractivity contribution in [2.75, 3.05) is 0 Å². The van der Waals surface area contributed by atoms with Crippen LogP contribution in [0.25, 0.3) is 0 Å². The molecule has 0 bridgehead atoms. The molecule has 1 rings (SSSR count). The molecule has 0 fully saturated rings. The van der Waals surface area contributed by atoms with E-state index in [0.29, 0.717) is 0 Å². The van der Waals surface area contributed by atoms with Gasteiger partial charge in [-0.3, -0.25) is 0 Å². The smallest absolute Gasteiger partial charge is 0.0864 e. The van der Waals surface area contributed by atoms with Crippen molar-refractivity contribution in [3.63, 3.8) is 0 Å². The minimum Gasteiger partial charge on any atom is -0.0864 e. The Bertz CT molecular complexity index is 174. The molecule has 0 heterocycles. The van der Waals surface area contributed by atoms with Gasteiger partial charge in [0.2, 0.25) is 0 Å². The van der Waals surface area contributed by atoms with Gasteiger partial charge >= 0.3 is 0 Å². The van der Waals surface area contributed by atoms with Crippen LogP contribution in [0.1, 0.15) is 0 Å². The summed E-state index contributed by atoms with van der Waals surface area (Å²) in [7, 11) is 2.01. The highest BCUT2D eigenvalue weighted by molar-refractivity contribution is 9.10. The zero-order valence-corrected chi connectivity index (χ0v) is 7.33. The molecule has 0 spiro atoms. The third-order valence-corrected chi connectivity index (χ3v) is 1.68. The molecule has 1 aromatic rings. The van der Waals surface area contributed by atoms with Gasteiger partial charge in [-0.15, -0.1) is 0 Å². The van der Waals surface area contributed by atoms with Crippen LogP contribution >= 0.6 is 27.5 Å². The fourth-order valence-electron chi connectivity index (χ4n) is 0.692. The van der Waals surface area contributed by atoms with E-state index >= 15 is 0 Å². The van der Waals surface area contributed by atoms with Crippen LogP contribution in [0.3, 0.4) is 0 Å². The lowest BCUT2D eigenvalue weighted by Gasteiger charge is -1.94. The Balaban J connectivity index is 3.17. The maximum atomic E-state index is 5.72. The highest BCUT2D eigenvalue weighted by Crippen LogP contribution is 2.13. The van der Waals surface area contributed by atoms with Gasteiger partial charge in [-0.05, 0) is 12.1 Å². The third kappa shape index (κ3) is 2.03. The van der Waals surface area contributed by atoms with Gasteiger partial charge in [0.1, 0.15) is 7.85 Å². The fraction of sp³-hybridized carbons (Fsp3) is 0. The van der Waals surface area contributed by atoms with Gasteiger partial charge in [-0.25, -0.2) is 0 Å². The first-order chi connectivity index (χ1) is 4.18. The predicted molar refractivity (Wildman–Crippen MR) is 47.3 cm³/mol. The highest BCUT2D eigenvalue weighted by Gasteiger charge is 1.90. The standard InChI is InChI=1S/C6H5BBrCl/c7-4-1-5(8)3-6(9)2-4/h1-3H,7H2. The van der Waals surface area contributed by atoms with Gasteiger partial charge in [0, 0.05) is 9.50 Å². The first-order valence-electron chi connectivity index (χ1n) is 2.61. The summed E-state index contributed by atoms with van der Waals surface area (Å²) in [6.45, 7) is 0. The Morgan fingerprint density at radius 3 is 2.44 bits per heavy atom. The van der Waals surface area contributed by atoms with Gasteiger partial charge < -0.3 is 0 Å². The molecule has 3 heteroatoms. The van der Waals surface area contributed by atoms with Crippen LogP contribution in [0.2, 0.25) is 5.02 Å². The largest absolute Gasteiger partial charge is 0.139 e. The Hall–Kier alpha value is 0.0549. The molecule has 0 N–H and O–H groups in total. The molecule has 0 nitrogen and oxygen atoms in total. The summed E-state index contributed by atoms with van der Waals surface area (Å²) < 4.78 is 1.03. The zero-order chi connectivity index (χ0) is 6.85. The average molecular weight is 203 g/mol. The maximum Gasteiger partial charge on any atom is 0.139 e. The monoisotopic (exact) mass is 202 g/mol. The predicted octanol–water partition coefficient (Wildman–Crippen LogP) is 1.36. The van der Waals surface area contributed by atoms with Crippen molar-refractivity contribution in [1.82, 2.24) is 0 Å². The van der Waals surface area contributed by atoms with E-state index in [9.17, 15) is 0 Å². The molecule has 1 aromatic carbocycles. The van der Waals surface area contributed by atoms with E-state index in [-0.39, 0.29) is 0 Å². The summed E-state index contributed by atoms with van der Waals surface area (Å²) >= 11 is 9.05. The van der Waals surface area contributed by atoms with Crippen LogP contribution in [-0.4, -0.2) is 7.85 Å². The van der Waals surface area contributed by atoms with Gasteiger partial charge in [0.05, 0.1) is 0 Å². The van der Waals surface area contributed by atoms with Crippen molar-refractivity contribution in [3.8, 4) is 0 Å². The van der Waals surface area contributed by atoms with Gasteiger partial charge in [0.15, 0.2) is 0 Å². The van der Waals surface area contributed by atoms with Crippen LogP contribution in [-0.2, 0) is 0 Å². The highest BCUT2D eigenvalue weighted by atomic mass is 79.9. The molecule has 46 valence electrons. The van der Waals surface area contributed by atoms with E-state index in [0.717, 1.165) is 9.50 Å². The Labute approximate surface area is 68.8 Å². The first-order valence-corrected chi connectivity index (χ1v) is 3.78. The molecular formula is C6H5BBrCl. The topological polar surface area (TPSA) is 0 Å². The Morgan fingerprint density at radius 2 is 2.00 bits per heavy atom. The van der Waals surface area contributed by atoms with E-state index in [4.69, 9.17) is 11.6 Å². The summed E-state index contributed by atoms with van der Waals surface area (Å²) in [4.78, 5) is 0. The molecular weight excluding hydrogens is 198 g/mol. The van der Waals surface area contributed by atoms with Crippen LogP contribution in [0.15, 0.2) is 22.7 Å². The summed E-state index contributed by atoms with van der Waals surface area (Å²) in [6, 6.07) is 5.81. The number of rotatable bonds is 0. The lowest BCUT2D eigenvalue weighted by atomic mass is 9.97. The molecule has 0 aromatic heterocycles. The molecule has 0 saturated carbocycles. The summed E-state index contributed by atoms with van der Waals surface area (Å²) in [5.74, 6) is 0. The molecule has 0 unspecified atom stereocenters. The van der Waals surface area contributed by atoms with E-state index in [1.54, 1.807) is 0 Å². The molecule has 0 radical (unpaired) electrons. The van der Waals surface area contributed by atoms with Crippen LogP contribution in [0.4, 0.5) is 0 Å². The number of halogens is 2. The average Bonchev–Trinajstić information content (AvgIpc) is 1.59. The minimum absolute atomic E-state index is 0.780. The second-order valence-electron chi connectivity index (χ2n) is 1.95. The summed E-state index contributed by atoms with van der Waals surface area (Å²) in [5.41, 5.74) is 1.18. The molecule has 0 atom stereocenters. The van der Waals surface area contributed by atoms with Crippen LogP contribution in [0.5, 0.6) is 0 Å². The normalized spacial score (nSPS) is 9.56. The van der Waals surface area contributed by atoms with Crippen LogP contribution < -0.4 is 5.46 Å². The number of hydrogen-bond donors (Lipinski definition) is 0. The van der Waals surface area contributed by atoms with Crippen molar-refractivity contribution >= 4 is 40.8 Å². The molecule has 9 heavy (non-hydrogen) atoms. The van der Waals surface area contributed by atoms with E-state index < -0.39 is 0 Å². The Morgan fingerprint density at radius 1 is 1.33 bits per heavy atom. The van der Waals surface area contributed by atoms with Gasteiger partial charge in [0.25, 0.3) is 0 Å². The number of hydrogen-bond acceptors (Lipinski definition) is 0. The summed E-state index contributed by atoms with van der Waals surface area (Å²) in [6.07, 6.45) is 0. The van der Waals surface area contributed by atoms with Crippen molar-refractivity contribution < 1.29 is 0 Å². The van der Waals surface area contributed by atoms with Gasteiger partial charge in [-0.2, -0.15) is 0 Å². The second-order valence-corrected chi connectivity index (χ2v) is 3.30. The fourth-order valence-corrected chi connectivity index (χ4v) is 1.72. The molecule has 0 aliphatic heterocycles. The van der Waals surface area contributed by atoms with Crippen molar-refractivity contribution in [3.05, 3.63) is 27.7 Å². The SMILES string of the molecule is Bc1cc(Cl)cc(Br)c1. The molecule has 0 aliphatic rings. The molecule has 0 saturated heterocycles. The lowest BCUT2D eigenvalue weighted by Crippen LogP contribution is -1.99. The van der Waals surface area contributed by atoms with Crippen LogP contribution in [0, 0.1) is 0 Å². The number of benzene rings is 1. The Kier molecular flexibility index (Phi) is 2.20. The second kappa shape index (κ2) is 2.76. The van der Waals surface area contributed by atoms with Crippen molar-refractivity contribution in [2.45, 2.75) is 0 Å². The third-order valence-electron chi connectivity index (χ3n) is 1.01. The van der Waals surface area contributed by atoms with E-state index in [1.807, 2.05) is 26.0 Å². The van der Waals surface area contributed by atoms with Gasteiger partial charge in [-0.1, -0.05) is 39.1 Å². The molecule has 0 aliphatic carbocycles. The van der Waals surface area contributed by atoms with E-state index in [1.165, 1.54) is 5.46 Å².